The van der Waals surface area contributed by atoms with Gasteiger partial charge in [0.2, 0.25) is 5.91 Å². The summed E-state index contributed by atoms with van der Waals surface area (Å²) >= 11 is 6.06. The van der Waals surface area contributed by atoms with E-state index < -0.39 is 17.8 Å². The molecule has 0 radical (unpaired) electrons. The van der Waals surface area contributed by atoms with E-state index in [1.165, 1.54) is 14.2 Å². The summed E-state index contributed by atoms with van der Waals surface area (Å²) in [6, 6.07) is 3.11. The summed E-state index contributed by atoms with van der Waals surface area (Å²) < 4.78 is 10.4. The smallest absolute Gasteiger partial charge is 0.307 e. The van der Waals surface area contributed by atoms with Gasteiger partial charge in [0.25, 0.3) is 0 Å². The highest BCUT2D eigenvalue weighted by Gasteiger charge is 2.51. The number of aliphatic carboxylic acids is 1. The molecule has 2 N–H and O–H groups in total. The minimum Gasteiger partial charge on any atom is -0.495 e. The topological polar surface area (TPSA) is 84.9 Å². The van der Waals surface area contributed by atoms with E-state index in [1.807, 2.05) is 12.2 Å². The molecule has 1 aromatic rings. The lowest BCUT2D eigenvalue weighted by molar-refractivity contribution is -0.146. The number of allylic oxidation sites excluding steroid dienone is 2. The Morgan fingerprint density at radius 2 is 1.75 bits per heavy atom. The van der Waals surface area contributed by atoms with Crippen LogP contribution in [0.25, 0.3) is 0 Å². The zero-order valence-electron chi connectivity index (χ0n) is 13.3. The summed E-state index contributed by atoms with van der Waals surface area (Å²) in [7, 11) is 2.94. The molecule has 0 spiro atoms. The first-order chi connectivity index (χ1) is 11.5. The molecule has 24 heavy (non-hydrogen) atoms. The first kappa shape index (κ1) is 16.6. The van der Waals surface area contributed by atoms with Gasteiger partial charge in [0.15, 0.2) is 0 Å². The van der Waals surface area contributed by atoms with Crippen LogP contribution in [0.1, 0.15) is 6.42 Å². The number of halogens is 1. The maximum absolute atomic E-state index is 12.7. The molecule has 3 rings (SSSR count). The monoisotopic (exact) mass is 351 g/mol. The molecule has 0 aromatic heterocycles. The van der Waals surface area contributed by atoms with E-state index in [2.05, 4.69) is 5.32 Å². The fourth-order valence-electron chi connectivity index (χ4n) is 3.69. The number of nitrogens with one attached hydrogen (secondary N) is 1. The predicted octanol–water partition coefficient (Wildman–Crippen LogP) is 2.82. The maximum Gasteiger partial charge on any atom is 0.307 e. The van der Waals surface area contributed by atoms with E-state index in [4.69, 9.17) is 21.1 Å². The van der Waals surface area contributed by atoms with Crippen LogP contribution in [0.5, 0.6) is 11.5 Å². The molecule has 7 heteroatoms. The van der Waals surface area contributed by atoms with Crippen LogP contribution in [-0.4, -0.2) is 31.2 Å². The van der Waals surface area contributed by atoms with Crippen LogP contribution < -0.4 is 14.8 Å². The minimum absolute atomic E-state index is 0.0451. The third-order valence-corrected chi connectivity index (χ3v) is 5.07. The van der Waals surface area contributed by atoms with Crippen molar-refractivity contribution in [2.24, 2.45) is 23.7 Å². The van der Waals surface area contributed by atoms with Crippen molar-refractivity contribution in [2.75, 3.05) is 19.5 Å². The Morgan fingerprint density at radius 1 is 1.12 bits per heavy atom. The number of hydrogen-bond donors (Lipinski definition) is 2. The molecule has 2 bridgehead atoms. The molecule has 4 atom stereocenters. The van der Waals surface area contributed by atoms with Crippen LogP contribution in [0, 0.1) is 23.7 Å². The second-order valence-corrected chi connectivity index (χ2v) is 6.42. The molecule has 0 saturated heterocycles. The van der Waals surface area contributed by atoms with Crippen molar-refractivity contribution in [1.29, 1.82) is 0 Å². The van der Waals surface area contributed by atoms with Crippen molar-refractivity contribution in [3.63, 3.8) is 0 Å². The molecule has 1 saturated carbocycles. The van der Waals surface area contributed by atoms with Gasteiger partial charge in [0.1, 0.15) is 11.5 Å². The largest absolute Gasteiger partial charge is 0.495 e. The molecule has 0 aliphatic heterocycles. The highest BCUT2D eigenvalue weighted by Crippen LogP contribution is 2.48. The molecule has 1 fully saturated rings. The van der Waals surface area contributed by atoms with Crippen molar-refractivity contribution < 1.29 is 24.2 Å². The second kappa shape index (κ2) is 6.36. The molecule has 1 amide bonds. The van der Waals surface area contributed by atoms with E-state index >= 15 is 0 Å². The summed E-state index contributed by atoms with van der Waals surface area (Å²) in [6.07, 6.45) is 4.54. The van der Waals surface area contributed by atoms with Crippen LogP contribution in [-0.2, 0) is 9.59 Å². The Morgan fingerprint density at radius 3 is 2.33 bits per heavy atom. The molecule has 1 aromatic carbocycles. The first-order valence-corrected chi connectivity index (χ1v) is 7.97. The van der Waals surface area contributed by atoms with Crippen molar-refractivity contribution >= 4 is 29.2 Å². The van der Waals surface area contributed by atoms with Crippen LogP contribution in [0.15, 0.2) is 24.3 Å². The van der Waals surface area contributed by atoms with Gasteiger partial charge in [-0.05, 0) is 18.3 Å². The first-order valence-electron chi connectivity index (χ1n) is 7.59. The normalized spacial score (nSPS) is 27.1. The number of amides is 1. The Labute approximate surface area is 144 Å². The third-order valence-electron chi connectivity index (χ3n) is 4.78. The fraction of sp³-hybridized carbons (Fsp3) is 0.412. The molecular formula is C17H18ClNO5. The molecule has 2 aliphatic carbocycles. The van der Waals surface area contributed by atoms with Crippen LogP contribution in [0.2, 0.25) is 5.02 Å². The number of rotatable bonds is 5. The average molecular weight is 352 g/mol. The van der Waals surface area contributed by atoms with E-state index in [0.29, 0.717) is 28.6 Å². The van der Waals surface area contributed by atoms with Crippen LogP contribution >= 0.6 is 11.6 Å². The number of carbonyl (C=O) groups is 2. The van der Waals surface area contributed by atoms with Gasteiger partial charge >= 0.3 is 5.97 Å². The second-order valence-electron chi connectivity index (χ2n) is 6.01. The standard InChI is InChI=1S/C17H18ClNO5/c1-23-12-7-11(13(24-2)6-10(12)18)19-16(20)14-8-3-4-9(5-8)15(14)17(21)22/h3-4,6-9,14-15H,5H2,1-2H3,(H,19,20)(H,21,22)/t8-,9+,14-,15+/m1/s1. The average Bonchev–Trinajstić information content (AvgIpc) is 3.16. The van der Waals surface area contributed by atoms with Crippen LogP contribution in [0.3, 0.4) is 0 Å². The van der Waals surface area contributed by atoms with Gasteiger partial charge in [-0.15, -0.1) is 0 Å². The minimum atomic E-state index is -0.937. The van der Waals surface area contributed by atoms with Crippen LogP contribution in [0.4, 0.5) is 5.69 Å². The maximum atomic E-state index is 12.7. The number of methoxy groups -OCH3 is 2. The quantitative estimate of drug-likeness (QED) is 0.797. The molecule has 2 aliphatic rings. The summed E-state index contributed by atoms with van der Waals surface area (Å²) in [5.74, 6) is -1.89. The lowest BCUT2D eigenvalue weighted by atomic mass is 9.82. The Bertz CT molecular complexity index is 717. The molecule has 0 heterocycles. The number of carboxylic acid groups (broad SMARTS) is 1. The van der Waals surface area contributed by atoms with Gasteiger partial charge in [-0.2, -0.15) is 0 Å². The van der Waals surface area contributed by atoms with E-state index in [-0.39, 0.29) is 17.7 Å². The molecule has 6 nitrogen and oxygen atoms in total. The van der Waals surface area contributed by atoms with Gasteiger partial charge < -0.3 is 19.9 Å². The number of carboxylic acids is 1. The number of fused-ring (bicyclic) bond motifs is 2. The summed E-state index contributed by atoms with van der Waals surface area (Å²) in [4.78, 5) is 24.3. The van der Waals surface area contributed by atoms with Gasteiger partial charge in [0, 0.05) is 12.1 Å². The van der Waals surface area contributed by atoms with E-state index in [9.17, 15) is 14.7 Å². The molecular weight excluding hydrogens is 334 g/mol. The fourth-order valence-corrected chi connectivity index (χ4v) is 3.92. The highest BCUT2D eigenvalue weighted by molar-refractivity contribution is 6.32. The summed E-state index contributed by atoms with van der Waals surface area (Å²) in [5.41, 5.74) is 0.402. The number of hydrogen-bond acceptors (Lipinski definition) is 4. The van der Waals surface area contributed by atoms with E-state index in [0.717, 1.165) is 0 Å². The van der Waals surface area contributed by atoms with Gasteiger partial charge in [-0.1, -0.05) is 23.8 Å². The Kier molecular flexibility index (Phi) is 4.41. The van der Waals surface area contributed by atoms with E-state index in [1.54, 1.807) is 12.1 Å². The Balaban J connectivity index is 1.87. The van der Waals surface area contributed by atoms with Crippen molar-refractivity contribution in [1.82, 2.24) is 0 Å². The number of carbonyl (C=O) groups excluding carboxylic acids is 1. The number of benzene rings is 1. The number of ether oxygens (including phenoxy) is 2. The predicted molar refractivity (Wildman–Crippen MR) is 88.5 cm³/mol. The van der Waals surface area contributed by atoms with Crippen molar-refractivity contribution in [2.45, 2.75) is 6.42 Å². The van der Waals surface area contributed by atoms with Crippen molar-refractivity contribution in [3.05, 3.63) is 29.3 Å². The Hall–Kier alpha value is -2.21. The molecule has 0 unspecified atom stereocenters. The zero-order chi connectivity index (χ0) is 17.4. The zero-order valence-corrected chi connectivity index (χ0v) is 14.0. The SMILES string of the molecule is COc1cc(NC(=O)[C@H]2[C@@H](C(=O)O)[C@H]3C=C[C@@H]2C3)c(OC)cc1Cl. The lowest BCUT2D eigenvalue weighted by Crippen LogP contribution is -2.36. The summed E-state index contributed by atoms with van der Waals surface area (Å²) in [6.45, 7) is 0. The third kappa shape index (κ3) is 2.71. The highest BCUT2D eigenvalue weighted by atomic mass is 35.5. The van der Waals surface area contributed by atoms with Crippen molar-refractivity contribution in [3.8, 4) is 11.5 Å². The lowest BCUT2D eigenvalue weighted by Gasteiger charge is -2.24. The van der Waals surface area contributed by atoms with Gasteiger partial charge in [0.05, 0.1) is 36.8 Å². The summed E-state index contributed by atoms with van der Waals surface area (Å²) in [5, 5.41) is 12.6. The van der Waals surface area contributed by atoms with Gasteiger partial charge in [-0.3, -0.25) is 9.59 Å². The molecule has 128 valence electrons. The number of anilines is 1. The van der Waals surface area contributed by atoms with Gasteiger partial charge in [-0.25, -0.2) is 0 Å².